The Morgan fingerprint density at radius 1 is 0.970 bits per heavy atom. The zero-order valence-corrected chi connectivity index (χ0v) is 19.0. The molecular formula is C24H23NO7S. The summed E-state index contributed by atoms with van der Waals surface area (Å²) >= 11 is 0. The number of anilines is 1. The lowest BCUT2D eigenvalue weighted by atomic mass is 10.2. The van der Waals surface area contributed by atoms with Gasteiger partial charge in [-0.25, -0.2) is 13.2 Å². The summed E-state index contributed by atoms with van der Waals surface area (Å²) in [5.41, 5.74) is 1.51. The number of aryl methyl sites for hydroxylation is 1. The lowest BCUT2D eigenvalue weighted by Crippen LogP contribution is -2.15. The first-order valence-electron chi connectivity index (χ1n) is 9.77. The highest BCUT2D eigenvalue weighted by molar-refractivity contribution is 7.92. The summed E-state index contributed by atoms with van der Waals surface area (Å²) in [6.07, 6.45) is 2.16. The van der Waals surface area contributed by atoms with Crippen LogP contribution in [0.25, 0.3) is 6.08 Å². The van der Waals surface area contributed by atoms with E-state index in [1.54, 1.807) is 30.3 Å². The standard InChI is InChI=1S/C24H23NO7S/c1-16-7-6-8-18(13-16)32-20-10-5-4-9-19(20)25-33(28,29)22-15-17(11-12-23(26)27)14-21(30-2)24(22)31-3/h4-15,25H,1-3H3,(H,26,27)/b12-11+. The molecule has 3 aromatic rings. The molecule has 0 bridgehead atoms. The third kappa shape index (κ3) is 5.83. The van der Waals surface area contributed by atoms with Crippen LogP contribution in [0.15, 0.2) is 71.6 Å². The van der Waals surface area contributed by atoms with Gasteiger partial charge in [0.2, 0.25) is 0 Å². The molecule has 0 aromatic heterocycles. The minimum Gasteiger partial charge on any atom is -0.493 e. The van der Waals surface area contributed by atoms with Gasteiger partial charge in [0.1, 0.15) is 10.6 Å². The monoisotopic (exact) mass is 469 g/mol. The third-order valence-electron chi connectivity index (χ3n) is 4.52. The summed E-state index contributed by atoms with van der Waals surface area (Å²) in [6, 6.07) is 16.7. The Morgan fingerprint density at radius 2 is 1.73 bits per heavy atom. The summed E-state index contributed by atoms with van der Waals surface area (Å²) in [5, 5.41) is 8.91. The summed E-state index contributed by atoms with van der Waals surface area (Å²) in [4.78, 5) is 10.7. The van der Waals surface area contributed by atoms with Crippen molar-refractivity contribution in [3.05, 3.63) is 77.9 Å². The molecule has 0 aliphatic heterocycles. The van der Waals surface area contributed by atoms with Crippen LogP contribution < -0.4 is 18.9 Å². The highest BCUT2D eigenvalue weighted by Crippen LogP contribution is 2.38. The van der Waals surface area contributed by atoms with Crippen LogP contribution in [-0.2, 0) is 14.8 Å². The molecule has 0 unspecified atom stereocenters. The molecule has 0 heterocycles. The van der Waals surface area contributed by atoms with E-state index in [0.29, 0.717) is 17.1 Å². The molecule has 0 amide bonds. The number of ether oxygens (including phenoxy) is 3. The van der Waals surface area contributed by atoms with E-state index in [-0.39, 0.29) is 22.1 Å². The van der Waals surface area contributed by atoms with E-state index in [2.05, 4.69) is 4.72 Å². The highest BCUT2D eigenvalue weighted by atomic mass is 32.2. The second-order valence-electron chi connectivity index (χ2n) is 6.95. The average Bonchev–Trinajstić information content (AvgIpc) is 2.78. The van der Waals surface area contributed by atoms with E-state index in [1.807, 2.05) is 25.1 Å². The van der Waals surface area contributed by atoms with Gasteiger partial charge in [0.05, 0.1) is 19.9 Å². The molecule has 3 aromatic carbocycles. The molecule has 0 aliphatic carbocycles. The number of nitrogens with one attached hydrogen (secondary N) is 1. The van der Waals surface area contributed by atoms with Crippen LogP contribution in [-0.4, -0.2) is 33.7 Å². The van der Waals surface area contributed by atoms with Gasteiger partial charge in [-0.05, 0) is 60.5 Å². The second-order valence-corrected chi connectivity index (χ2v) is 8.60. The van der Waals surface area contributed by atoms with Crippen LogP contribution in [0, 0.1) is 6.92 Å². The summed E-state index contributed by atoms with van der Waals surface area (Å²) in [6.45, 7) is 1.92. The number of hydrogen-bond acceptors (Lipinski definition) is 6. The molecule has 0 atom stereocenters. The molecule has 8 nitrogen and oxygen atoms in total. The predicted molar refractivity (Wildman–Crippen MR) is 125 cm³/mol. The van der Waals surface area contributed by atoms with Crippen molar-refractivity contribution in [2.75, 3.05) is 18.9 Å². The number of benzene rings is 3. The van der Waals surface area contributed by atoms with Gasteiger partial charge < -0.3 is 19.3 Å². The Morgan fingerprint density at radius 3 is 2.39 bits per heavy atom. The van der Waals surface area contributed by atoms with Gasteiger partial charge in [-0.15, -0.1) is 0 Å². The first kappa shape index (κ1) is 23.7. The van der Waals surface area contributed by atoms with Crippen molar-refractivity contribution in [1.82, 2.24) is 0 Å². The van der Waals surface area contributed by atoms with Gasteiger partial charge in [0.25, 0.3) is 10.0 Å². The van der Waals surface area contributed by atoms with Crippen LogP contribution in [0.5, 0.6) is 23.0 Å². The van der Waals surface area contributed by atoms with Gasteiger partial charge in [0, 0.05) is 6.08 Å². The minimum absolute atomic E-state index is 0.0189. The number of hydrogen-bond donors (Lipinski definition) is 2. The lowest BCUT2D eigenvalue weighted by Gasteiger charge is -2.17. The van der Waals surface area contributed by atoms with Crippen molar-refractivity contribution in [2.45, 2.75) is 11.8 Å². The number of carbonyl (C=O) groups is 1. The Labute approximate surface area is 192 Å². The van der Waals surface area contributed by atoms with Gasteiger partial charge in [-0.2, -0.15) is 0 Å². The fraction of sp³-hybridized carbons (Fsp3) is 0.125. The van der Waals surface area contributed by atoms with E-state index in [0.717, 1.165) is 11.6 Å². The highest BCUT2D eigenvalue weighted by Gasteiger charge is 2.25. The van der Waals surface area contributed by atoms with E-state index in [4.69, 9.17) is 19.3 Å². The number of carboxylic acids is 1. The van der Waals surface area contributed by atoms with Crippen molar-refractivity contribution >= 4 is 27.8 Å². The second kappa shape index (κ2) is 10.1. The van der Waals surface area contributed by atoms with Crippen molar-refractivity contribution in [3.63, 3.8) is 0 Å². The van der Waals surface area contributed by atoms with Crippen LogP contribution in [0.3, 0.4) is 0 Å². The number of carboxylic acid groups (broad SMARTS) is 1. The molecule has 0 aliphatic rings. The molecule has 3 rings (SSSR count). The Hall–Kier alpha value is -3.98. The van der Waals surface area contributed by atoms with Gasteiger partial charge in [0.15, 0.2) is 17.2 Å². The fourth-order valence-corrected chi connectivity index (χ4v) is 4.35. The SMILES string of the molecule is COc1cc(/C=C/C(=O)O)cc(S(=O)(=O)Nc2ccccc2Oc2cccc(C)c2)c1OC. The number of rotatable bonds is 9. The molecule has 33 heavy (non-hydrogen) atoms. The first-order valence-corrected chi connectivity index (χ1v) is 11.2. The molecule has 0 spiro atoms. The molecular weight excluding hydrogens is 446 g/mol. The van der Waals surface area contributed by atoms with E-state index >= 15 is 0 Å². The van der Waals surface area contributed by atoms with Crippen molar-refractivity contribution < 1.29 is 32.5 Å². The van der Waals surface area contributed by atoms with Gasteiger partial charge >= 0.3 is 5.97 Å². The largest absolute Gasteiger partial charge is 0.493 e. The molecule has 172 valence electrons. The molecule has 9 heteroatoms. The number of sulfonamides is 1. The van der Waals surface area contributed by atoms with E-state index in [1.165, 1.54) is 32.4 Å². The predicted octanol–water partition coefficient (Wildman–Crippen LogP) is 4.70. The number of para-hydroxylation sites is 2. The normalized spacial score (nSPS) is 11.2. The Balaban J connectivity index is 2.03. The van der Waals surface area contributed by atoms with Crippen LogP contribution in [0.1, 0.15) is 11.1 Å². The van der Waals surface area contributed by atoms with Gasteiger partial charge in [-0.1, -0.05) is 24.3 Å². The first-order chi connectivity index (χ1) is 15.7. The zero-order valence-electron chi connectivity index (χ0n) is 18.2. The van der Waals surface area contributed by atoms with E-state index in [9.17, 15) is 13.2 Å². The quantitative estimate of drug-likeness (QED) is 0.437. The number of methoxy groups -OCH3 is 2. The average molecular weight is 470 g/mol. The van der Waals surface area contributed by atoms with Crippen LogP contribution >= 0.6 is 0 Å². The molecule has 0 fully saturated rings. The molecule has 0 saturated carbocycles. The number of aliphatic carboxylic acids is 1. The molecule has 0 radical (unpaired) electrons. The summed E-state index contributed by atoms with van der Waals surface area (Å²) < 4.78 is 45.7. The van der Waals surface area contributed by atoms with Crippen LogP contribution in [0.2, 0.25) is 0 Å². The third-order valence-corrected chi connectivity index (χ3v) is 5.89. The van der Waals surface area contributed by atoms with Crippen molar-refractivity contribution in [2.24, 2.45) is 0 Å². The smallest absolute Gasteiger partial charge is 0.328 e. The maximum atomic E-state index is 13.4. The van der Waals surface area contributed by atoms with Crippen molar-refractivity contribution in [3.8, 4) is 23.0 Å². The zero-order chi connectivity index (χ0) is 24.0. The maximum Gasteiger partial charge on any atom is 0.328 e. The summed E-state index contributed by atoms with van der Waals surface area (Å²) in [7, 11) is -1.51. The van der Waals surface area contributed by atoms with Crippen LogP contribution in [0.4, 0.5) is 5.69 Å². The minimum atomic E-state index is -4.19. The molecule has 2 N–H and O–H groups in total. The van der Waals surface area contributed by atoms with E-state index < -0.39 is 16.0 Å². The van der Waals surface area contributed by atoms with Crippen molar-refractivity contribution in [1.29, 1.82) is 0 Å². The maximum absolute atomic E-state index is 13.4. The summed E-state index contributed by atoms with van der Waals surface area (Å²) in [5.74, 6) is -0.194. The fourth-order valence-electron chi connectivity index (χ4n) is 3.06. The Kier molecular flexibility index (Phi) is 7.24. The topological polar surface area (TPSA) is 111 Å². The molecule has 0 saturated heterocycles. The lowest BCUT2D eigenvalue weighted by molar-refractivity contribution is -0.131. The Bertz CT molecular complexity index is 1300. The van der Waals surface area contributed by atoms with Gasteiger partial charge in [-0.3, -0.25) is 4.72 Å².